The second kappa shape index (κ2) is 12.7. The zero-order valence-electron chi connectivity index (χ0n) is 22.2. The molecule has 0 saturated carbocycles. The first-order valence-electron chi connectivity index (χ1n) is 13.2. The minimum atomic E-state index is -0.214. The first-order chi connectivity index (χ1) is 16.8. The van der Waals surface area contributed by atoms with Gasteiger partial charge in [-0.05, 0) is 76.3 Å². The maximum Gasteiger partial charge on any atom is 0.251 e. The first kappa shape index (κ1) is 27.4. The number of carbonyl (C=O) groups excluding carboxylic acids is 2. The van der Waals surface area contributed by atoms with E-state index >= 15 is 0 Å². The Hall–Kier alpha value is -2.16. The summed E-state index contributed by atoms with van der Waals surface area (Å²) in [4.78, 5) is 28.5. The van der Waals surface area contributed by atoms with Crippen LogP contribution in [0.4, 0.5) is 5.69 Å². The van der Waals surface area contributed by atoms with Crippen LogP contribution < -0.4 is 26.6 Å². The zero-order valence-corrected chi connectivity index (χ0v) is 22.2. The van der Waals surface area contributed by atoms with E-state index < -0.39 is 0 Å². The van der Waals surface area contributed by atoms with Crippen LogP contribution >= 0.6 is 0 Å². The van der Waals surface area contributed by atoms with Crippen molar-refractivity contribution in [2.24, 2.45) is 17.6 Å². The summed E-state index contributed by atoms with van der Waals surface area (Å²) in [6, 6.07) is 4.77. The van der Waals surface area contributed by atoms with Gasteiger partial charge in [-0.15, -0.1) is 0 Å². The Morgan fingerprint density at radius 3 is 2.60 bits per heavy atom. The highest BCUT2D eigenvalue weighted by Gasteiger charge is 2.33. The van der Waals surface area contributed by atoms with Gasteiger partial charge < -0.3 is 31.3 Å². The number of likely N-dealkylation sites (N-methyl/N-ethyl adjacent to an activating group) is 1. The van der Waals surface area contributed by atoms with Gasteiger partial charge in [-0.3, -0.25) is 9.59 Å². The lowest BCUT2D eigenvalue weighted by molar-refractivity contribution is -0.129. The van der Waals surface area contributed by atoms with Crippen LogP contribution in [-0.4, -0.2) is 70.3 Å². The summed E-state index contributed by atoms with van der Waals surface area (Å²) in [7, 11) is 1.92. The fourth-order valence-electron chi connectivity index (χ4n) is 5.68. The Morgan fingerprint density at radius 2 is 2.00 bits per heavy atom. The Kier molecular flexibility index (Phi) is 9.95. The Bertz CT molecular complexity index is 871. The fourth-order valence-corrected chi connectivity index (χ4v) is 5.68. The molecule has 2 amide bonds. The highest BCUT2D eigenvalue weighted by Crippen LogP contribution is 2.32. The molecule has 2 aliphatic rings. The lowest BCUT2D eigenvalue weighted by Crippen LogP contribution is -2.50. The number of carbonyl (C=O) groups is 2. The van der Waals surface area contributed by atoms with Gasteiger partial charge in [-0.25, -0.2) is 0 Å². The van der Waals surface area contributed by atoms with E-state index in [1.807, 2.05) is 27.0 Å². The molecule has 4 unspecified atom stereocenters. The molecule has 1 aromatic carbocycles. The van der Waals surface area contributed by atoms with Crippen LogP contribution in [0.25, 0.3) is 0 Å². The van der Waals surface area contributed by atoms with Crippen molar-refractivity contribution in [1.29, 1.82) is 0 Å². The van der Waals surface area contributed by atoms with E-state index in [4.69, 9.17) is 10.5 Å². The minimum Gasteiger partial charge on any atom is -0.381 e. The third-order valence-electron chi connectivity index (χ3n) is 7.76. The van der Waals surface area contributed by atoms with Crippen molar-refractivity contribution in [3.8, 4) is 0 Å². The Morgan fingerprint density at radius 1 is 1.29 bits per heavy atom. The Balaban J connectivity index is 1.91. The van der Waals surface area contributed by atoms with Gasteiger partial charge in [0, 0.05) is 68.6 Å². The summed E-state index contributed by atoms with van der Waals surface area (Å²) >= 11 is 0. The van der Waals surface area contributed by atoms with Crippen molar-refractivity contribution in [2.45, 2.75) is 65.0 Å². The SMILES string of the molecule is CCN(c1cc(C(CN)CNC)cc(C(=O)NCC2C(=O)NC(C)CC2C)c1C)C1CCOCC1. The van der Waals surface area contributed by atoms with Crippen molar-refractivity contribution >= 4 is 17.5 Å². The number of nitrogens with zero attached hydrogens (tertiary/aromatic N) is 1. The smallest absolute Gasteiger partial charge is 0.251 e. The maximum absolute atomic E-state index is 13.5. The van der Waals surface area contributed by atoms with E-state index in [-0.39, 0.29) is 35.6 Å². The van der Waals surface area contributed by atoms with E-state index in [1.165, 1.54) is 0 Å². The lowest BCUT2D eigenvalue weighted by atomic mass is 9.84. The number of hydrogen-bond acceptors (Lipinski definition) is 6. The van der Waals surface area contributed by atoms with Crippen LogP contribution in [0.15, 0.2) is 12.1 Å². The van der Waals surface area contributed by atoms with E-state index in [0.717, 1.165) is 62.4 Å². The maximum atomic E-state index is 13.5. The molecule has 5 N–H and O–H groups in total. The molecule has 2 aliphatic heterocycles. The number of ether oxygens (including phenoxy) is 1. The molecular weight excluding hydrogens is 442 g/mol. The summed E-state index contributed by atoms with van der Waals surface area (Å²) in [5.41, 5.74) is 9.93. The summed E-state index contributed by atoms with van der Waals surface area (Å²) in [5.74, 6) is 0.00553. The van der Waals surface area contributed by atoms with Crippen LogP contribution in [-0.2, 0) is 9.53 Å². The quantitative estimate of drug-likeness (QED) is 0.403. The standard InChI is InChI=1S/C27H45N5O3/c1-6-32(22-7-9-35-10-8-22)25-13-20(21(14-28)15-29-5)12-23(19(25)4)26(33)30-16-24-17(2)11-18(3)31-27(24)34/h12-13,17-18,21-22,24,29H,6-11,14-16,28H2,1-5H3,(H,30,33)(H,31,34). The van der Waals surface area contributed by atoms with E-state index in [1.54, 1.807) is 0 Å². The second-order valence-corrected chi connectivity index (χ2v) is 10.3. The van der Waals surface area contributed by atoms with Gasteiger partial charge in [-0.2, -0.15) is 0 Å². The molecule has 4 atom stereocenters. The summed E-state index contributed by atoms with van der Waals surface area (Å²) in [5, 5.41) is 9.33. The molecule has 2 fully saturated rings. The van der Waals surface area contributed by atoms with Crippen molar-refractivity contribution < 1.29 is 14.3 Å². The molecule has 0 bridgehead atoms. The van der Waals surface area contributed by atoms with Crippen LogP contribution in [0.5, 0.6) is 0 Å². The van der Waals surface area contributed by atoms with Crippen LogP contribution in [0.1, 0.15) is 67.4 Å². The lowest BCUT2D eigenvalue weighted by Gasteiger charge is -2.37. The second-order valence-electron chi connectivity index (χ2n) is 10.3. The van der Waals surface area contributed by atoms with Crippen LogP contribution in [0.2, 0.25) is 0 Å². The van der Waals surface area contributed by atoms with E-state index in [2.05, 4.69) is 40.8 Å². The first-order valence-corrected chi connectivity index (χ1v) is 13.2. The van der Waals surface area contributed by atoms with Crippen LogP contribution in [0, 0.1) is 18.8 Å². The van der Waals surface area contributed by atoms with Gasteiger partial charge in [0.25, 0.3) is 5.91 Å². The molecule has 1 aromatic rings. The fraction of sp³-hybridized carbons (Fsp3) is 0.704. The zero-order chi connectivity index (χ0) is 25.5. The number of hydrogen-bond donors (Lipinski definition) is 4. The number of amides is 2. The topological polar surface area (TPSA) is 109 Å². The molecule has 196 valence electrons. The number of rotatable bonds is 10. The number of anilines is 1. The van der Waals surface area contributed by atoms with Gasteiger partial charge in [-0.1, -0.05) is 6.92 Å². The van der Waals surface area contributed by atoms with Crippen LogP contribution in [0.3, 0.4) is 0 Å². The van der Waals surface area contributed by atoms with E-state index in [0.29, 0.717) is 24.7 Å². The summed E-state index contributed by atoms with van der Waals surface area (Å²) in [6.45, 7) is 12.3. The summed E-state index contributed by atoms with van der Waals surface area (Å²) in [6.07, 6.45) is 2.87. The number of nitrogens with one attached hydrogen (secondary N) is 3. The van der Waals surface area contributed by atoms with Crippen molar-refractivity contribution in [2.75, 3.05) is 51.3 Å². The largest absolute Gasteiger partial charge is 0.381 e. The van der Waals surface area contributed by atoms with Gasteiger partial charge >= 0.3 is 0 Å². The average Bonchev–Trinajstić information content (AvgIpc) is 2.84. The monoisotopic (exact) mass is 487 g/mol. The molecule has 35 heavy (non-hydrogen) atoms. The highest BCUT2D eigenvalue weighted by atomic mass is 16.5. The van der Waals surface area contributed by atoms with Gasteiger partial charge in [0.15, 0.2) is 0 Å². The molecule has 3 rings (SSSR count). The molecule has 0 aliphatic carbocycles. The molecule has 2 heterocycles. The van der Waals surface area contributed by atoms with E-state index in [9.17, 15) is 9.59 Å². The van der Waals surface area contributed by atoms with Gasteiger partial charge in [0.1, 0.15) is 0 Å². The normalized spacial score (nSPS) is 24.1. The van der Waals surface area contributed by atoms with Gasteiger partial charge in [0.2, 0.25) is 5.91 Å². The van der Waals surface area contributed by atoms with Crippen molar-refractivity contribution in [3.63, 3.8) is 0 Å². The molecule has 8 nitrogen and oxygen atoms in total. The molecule has 8 heteroatoms. The predicted octanol–water partition coefficient (Wildman–Crippen LogP) is 2.15. The highest BCUT2D eigenvalue weighted by molar-refractivity contribution is 5.97. The number of nitrogens with two attached hydrogens (primary N) is 1. The number of piperidine rings is 1. The minimum absolute atomic E-state index is 0.0246. The Labute approximate surface area is 210 Å². The molecule has 0 radical (unpaired) electrons. The molecule has 0 spiro atoms. The van der Waals surface area contributed by atoms with Crippen molar-refractivity contribution in [3.05, 3.63) is 28.8 Å². The summed E-state index contributed by atoms with van der Waals surface area (Å²) < 4.78 is 5.60. The third kappa shape index (κ3) is 6.54. The predicted molar refractivity (Wildman–Crippen MR) is 141 cm³/mol. The van der Waals surface area contributed by atoms with Crippen molar-refractivity contribution in [1.82, 2.24) is 16.0 Å². The molecule has 0 aromatic heterocycles. The third-order valence-corrected chi connectivity index (χ3v) is 7.76. The molecular formula is C27H45N5O3. The average molecular weight is 488 g/mol. The number of benzene rings is 1. The molecule has 2 saturated heterocycles. The van der Waals surface area contributed by atoms with Gasteiger partial charge in [0.05, 0.1) is 5.92 Å².